The van der Waals surface area contributed by atoms with E-state index in [1.807, 2.05) is 19.9 Å². The lowest BCUT2D eigenvalue weighted by Crippen LogP contribution is -1.87. The predicted octanol–water partition coefficient (Wildman–Crippen LogP) is 2.23. The Labute approximate surface area is 74.8 Å². The Kier molecular flexibility index (Phi) is 1.54. The molecule has 62 valence electrons. The number of H-pyrrole nitrogens is 1. The molecule has 2 rings (SSSR count). The van der Waals surface area contributed by atoms with E-state index in [0.717, 1.165) is 16.7 Å². The smallest absolute Gasteiger partial charge is 0.156 e. The Hall–Kier alpha value is -1.09. The number of nitrogens with zero attached hydrogens (tertiary/aromatic N) is 2. The Morgan fingerprint density at radius 2 is 2.08 bits per heavy atom. The number of halogens is 1. The first-order valence-corrected chi connectivity index (χ1v) is 4.04. The number of aryl methyl sites for hydroxylation is 2. The van der Waals surface area contributed by atoms with E-state index in [1.165, 1.54) is 0 Å². The lowest BCUT2D eigenvalue weighted by molar-refractivity contribution is 1.09. The van der Waals surface area contributed by atoms with Crippen LogP contribution in [-0.2, 0) is 0 Å². The summed E-state index contributed by atoms with van der Waals surface area (Å²) in [6.45, 7) is 3.79. The molecule has 0 radical (unpaired) electrons. The third-order valence-corrected chi connectivity index (χ3v) is 1.95. The minimum atomic E-state index is 0.491. The third-order valence-electron chi connectivity index (χ3n) is 1.68. The minimum Gasteiger partial charge on any atom is -0.355 e. The average Bonchev–Trinajstić information content (AvgIpc) is 2.29. The van der Waals surface area contributed by atoms with Gasteiger partial charge in [0.25, 0.3) is 0 Å². The molecule has 0 saturated heterocycles. The third kappa shape index (κ3) is 1.06. The average molecular weight is 182 g/mol. The van der Waals surface area contributed by atoms with E-state index in [2.05, 4.69) is 15.0 Å². The van der Waals surface area contributed by atoms with Gasteiger partial charge in [0.15, 0.2) is 5.15 Å². The summed E-state index contributed by atoms with van der Waals surface area (Å²) in [5, 5.41) is 0.491. The molecule has 0 spiro atoms. The van der Waals surface area contributed by atoms with Crippen LogP contribution >= 0.6 is 11.6 Å². The largest absolute Gasteiger partial charge is 0.355 e. The number of aromatic amines is 1. The van der Waals surface area contributed by atoms with Gasteiger partial charge in [0, 0.05) is 5.69 Å². The van der Waals surface area contributed by atoms with Crippen molar-refractivity contribution in [2.45, 2.75) is 13.8 Å². The number of hydrogen-bond acceptors (Lipinski definition) is 2. The van der Waals surface area contributed by atoms with Gasteiger partial charge in [-0.1, -0.05) is 11.6 Å². The molecule has 2 heterocycles. The molecular formula is C8H8ClN3. The molecule has 0 aliphatic carbocycles. The van der Waals surface area contributed by atoms with Crippen LogP contribution in [0.5, 0.6) is 0 Å². The second-order valence-electron chi connectivity index (χ2n) is 2.77. The van der Waals surface area contributed by atoms with Gasteiger partial charge in [-0.15, -0.1) is 0 Å². The maximum atomic E-state index is 5.89. The molecule has 0 unspecified atom stereocenters. The van der Waals surface area contributed by atoms with Gasteiger partial charge in [0.2, 0.25) is 0 Å². The van der Waals surface area contributed by atoms with E-state index in [4.69, 9.17) is 11.6 Å². The molecule has 2 aromatic rings. The van der Waals surface area contributed by atoms with Crippen LogP contribution in [0.2, 0.25) is 5.15 Å². The number of rotatable bonds is 0. The normalized spacial score (nSPS) is 10.9. The molecule has 0 atom stereocenters. The lowest BCUT2D eigenvalue weighted by Gasteiger charge is -1.94. The van der Waals surface area contributed by atoms with Gasteiger partial charge in [-0.05, 0) is 19.9 Å². The molecule has 2 aromatic heterocycles. The summed E-state index contributed by atoms with van der Waals surface area (Å²) in [5.41, 5.74) is 2.75. The quantitative estimate of drug-likeness (QED) is 0.634. The van der Waals surface area contributed by atoms with Crippen LogP contribution < -0.4 is 0 Å². The first kappa shape index (κ1) is 7.55. The Morgan fingerprint density at radius 3 is 2.83 bits per heavy atom. The highest BCUT2D eigenvalue weighted by Crippen LogP contribution is 2.19. The van der Waals surface area contributed by atoms with Crippen LogP contribution in [0.4, 0.5) is 0 Å². The van der Waals surface area contributed by atoms with E-state index in [-0.39, 0.29) is 0 Å². The molecule has 0 saturated carbocycles. The van der Waals surface area contributed by atoms with Crippen LogP contribution in [0, 0.1) is 13.8 Å². The standard InChI is InChI=1S/C8H8ClN3/c1-4-3-6-7(10-4)8(9)12-5(2)11-6/h3,10H,1-2H3. The number of aromatic nitrogens is 3. The summed E-state index contributed by atoms with van der Waals surface area (Å²) in [7, 11) is 0. The van der Waals surface area contributed by atoms with Gasteiger partial charge < -0.3 is 4.98 Å². The first-order chi connectivity index (χ1) is 5.66. The Balaban J connectivity index is 2.88. The number of hydrogen-bond donors (Lipinski definition) is 1. The van der Waals surface area contributed by atoms with Gasteiger partial charge in [0.1, 0.15) is 11.3 Å². The Bertz CT molecular complexity index is 433. The van der Waals surface area contributed by atoms with E-state index in [1.54, 1.807) is 0 Å². The van der Waals surface area contributed by atoms with Gasteiger partial charge in [-0.3, -0.25) is 0 Å². The van der Waals surface area contributed by atoms with Crippen LogP contribution in [-0.4, -0.2) is 15.0 Å². The maximum absolute atomic E-state index is 5.89. The van der Waals surface area contributed by atoms with E-state index in [0.29, 0.717) is 11.0 Å². The molecular weight excluding hydrogens is 174 g/mol. The van der Waals surface area contributed by atoms with Crippen LogP contribution in [0.25, 0.3) is 11.0 Å². The van der Waals surface area contributed by atoms with Gasteiger partial charge in [0.05, 0.1) is 5.52 Å². The number of nitrogens with one attached hydrogen (secondary N) is 1. The fourth-order valence-electron chi connectivity index (χ4n) is 1.22. The summed E-state index contributed by atoms with van der Waals surface area (Å²) in [6.07, 6.45) is 0. The molecule has 0 aliphatic heterocycles. The van der Waals surface area contributed by atoms with E-state index >= 15 is 0 Å². The molecule has 0 bridgehead atoms. The zero-order chi connectivity index (χ0) is 8.72. The molecule has 0 amide bonds. The second kappa shape index (κ2) is 2.45. The summed E-state index contributed by atoms with van der Waals surface area (Å²) in [6, 6.07) is 1.95. The summed E-state index contributed by atoms with van der Waals surface area (Å²) in [4.78, 5) is 11.4. The van der Waals surface area contributed by atoms with E-state index in [9.17, 15) is 0 Å². The monoisotopic (exact) mass is 181 g/mol. The van der Waals surface area contributed by atoms with Crippen molar-refractivity contribution in [1.82, 2.24) is 15.0 Å². The molecule has 4 heteroatoms. The first-order valence-electron chi connectivity index (χ1n) is 3.66. The topological polar surface area (TPSA) is 41.6 Å². The van der Waals surface area contributed by atoms with Crippen molar-refractivity contribution in [3.8, 4) is 0 Å². The van der Waals surface area contributed by atoms with Crippen molar-refractivity contribution in [2.75, 3.05) is 0 Å². The SMILES string of the molecule is Cc1nc(Cl)c2[nH]c(C)cc2n1. The van der Waals surface area contributed by atoms with Crippen molar-refractivity contribution in [2.24, 2.45) is 0 Å². The molecule has 0 aliphatic rings. The van der Waals surface area contributed by atoms with Crippen molar-refractivity contribution in [1.29, 1.82) is 0 Å². The van der Waals surface area contributed by atoms with Crippen molar-refractivity contribution in [3.05, 3.63) is 22.7 Å². The highest BCUT2D eigenvalue weighted by Gasteiger charge is 2.04. The fraction of sp³-hybridized carbons (Fsp3) is 0.250. The van der Waals surface area contributed by atoms with Crippen molar-refractivity contribution < 1.29 is 0 Å². The van der Waals surface area contributed by atoms with Gasteiger partial charge in [-0.25, -0.2) is 9.97 Å². The minimum absolute atomic E-state index is 0.491. The molecule has 3 nitrogen and oxygen atoms in total. The lowest BCUT2D eigenvalue weighted by atomic mass is 10.4. The molecule has 1 N–H and O–H groups in total. The Morgan fingerprint density at radius 1 is 1.33 bits per heavy atom. The zero-order valence-electron chi connectivity index (χ0n) is 6.85. The summed E-state index contributed by atoms with van der Waals surface area (Å²) < 4.78 is 0. The predicted molar refractivity (Wildman–Crippen MR) is 48.4 cm³/mol. The molecule has 0 fully saturated rings. The summed E-state index contributed by atoms with van der Waals surface area (Å²) >= 11 is 5.89. The number of fused-ring (bicyclic) bond motifs is 1. The fourth-order valence-corrected chi connectivity index (χ4v) is 1.48. The molecule has 0 aromatic carbocycles. The maximum Gasteiger partial charge on any atom is 0.156 e. The van der Waals surface area contributed by atoms with Crippen molar-refractivity contribution >= 4 is 22.6 Å². The van der Waals surface area contributed by atoms with E-state index < -0.39 is 0 Å². The van der Waals surface area contributed by atoms with Crippen molar-refractivity contribution in [3.63, 3.8) is 0 Å². The highest BCUT2D eigenvalue weighted by atomic mass is 35.5. The second-order valence-corrected chi connectivity index (χ2v) is 3.13. The summed E-state index contributed by atoms with van der Waals surface area (Å²) in [5.74, 6) is 0.700. The molecule has 12 heavy (non-hydrogen) atoms. The van der Waals surface area contributed by atoms with Crippen LogP contribution in [0.1, 0.15) is 11.5 Å². The highest BCUT2D eigenvalue weighted by molar-refractivity contribution is 6.33. The zero-order valence-corrected chi connectivity index (χ0v) is 7.61. The van der Waals surface area contributed by atoms with Gasteiger partial charge >= 0.3 is 0 Å². The van der Waals surface area contributed by atoms with Crippen LogP contribution in [0.15, 0.2) is 6.07 Å². The van der Waals surface area contributed by atoms with Gasteiger partial charge in [-0.2, -0.15) is 0 Å². The van der Waals surface area contributed by atoms with Crippen LogP contribution in [0.3, 0.4) is 0 Å².